The average Bonchev–Trinajstić information content (AvgIpc) is 3.73. The molecule has 6 aromatic rings. The van der Waals surface area contributed by atoms with Crippen LogP contribution in [0.4, 0.5) is 0 Å². The van der Waals surface area contributed by atoms with E-state index < -0.39 is 5.79 Å². The molecular formula is C39H44N2O3. The lowest BCUT2D eigenvalue weighted by Crippen LogP contribution is -2.33. The van der Waals surface area contributed by atoms with Gasteiger partial charge in [0.15, 0.2) is 5.79 Å². The SMILES string of the molecule is CCCCC1(CCCC)OC[C@@H](COC(Cn2c3ccccc3c3ccccc32)Cn2c3ccccc3c3ccccc32)O1. The summed E-state index contributed by atoms with van der Waals surface area (Å²) in [6.07, 6.45) is 6.25. The van der Waals surface area contributed by atoms with Gasteiger partial charge in [0.25, 0.3) is 0 Å². The fourth-order valence-corrected chi connectivity index (χ4v) is 7.19. The van der Waals surface area contributed by atoms with E-state index in [1.807, 2.05) is 0 Å². The number of benzene rings is 4. The van der Waals surface area contributed by atoms with Crippen molar-refractivity contribution in [3.05, 3.63) is 97.1 Å². The third kappa shape index (κ3) is 5.53. The number of para-hydroxylation sites is 4. The normalized spacial score (nSPS) is 16.8. The summed E-state index contributed by atoms with van der Waals surface area (Å²) in [5.41, 5.74) is 4.96. The van der Waals surface area contributed by atoms with E-state index in [0.29, 0.717) is 13.2 Å². The molecular weight excluding hydrogens is 544 g/mol. The molecule has 0 N–H and O–H groups in total. The second kappa shape index (κ2) is 12.8. The largest absolute Gasteiger partial charge is 0.372 e. The highest BCUT2D eigenvalue weighted by molar-refractivity contribution is 6.08. The molecule has 1 saturated heterocycles. The number of unbranched alkanes of at least 4 members (excludes halogenated alkanes) is 2. The van der Waals surface area contributed by atoms with E-state index in [1.54, 1.807) is 0 Å². The zero-order chi connectivity index (χ0) is 29.9. The first kappa shape index (κ1) is 29.1. The molecule has 1 aliphatic heterocycles. The highest BCUT2D eigenvalue weighted by Gasteiger charge is 2.40. The Morgan fingerprint density at radius 1 is 0.659 bits per heavy atom. The minimum atomic E-state index is -0.463. The molecule has 0 radical (unpaired) electrons. The fourth-order valence-electron chi connectivity index (χ4n) is 7.19. The highest BCUT2D eigenvalue weighted by atomic mass is 16.7. The molecule has 0 amide bonds. The molecule has 2 aromatic heterocycles. The van der Waals surface area contributed by atoms with Crippen LogP contribution in [-0.4, -0.2) is 40.3 Å². The molecule has 5 heteroatoms. The first-order valence-corrected chi connectivity index (χ1v) is 16.5. The molecule has 3 heterocycles. The predicted octanol–water partition coefficient (Wildman–Crippen LogP) is 9.48. The van der Waals surface area contributed by atoms with Crippen LogP contribution in [0.15, 0.2) is 97.1 Å². The number of fused-ring (bicyclic) bond motifs is 6. The van der Waals surface area contributed by atoms with Gasteiger partial charge in [0.1, 0.15) is 6.10 Å². The summed E-state index contributed by atoms with van der Waals surface area (Å²) < 4.78 is 24.9. The Morgan fingerprint density at radius 3 is 1.48 bits per heavy atom. The van der Waals surface area contributed by atoms with E-state index >= 15 is 0 Å². The Hall–Kier alpha value is -3.64. The quantitative estimate of drug-likeness (QED) is 0.135. The van der Waals surface area contributed by atoms with Gasteiger partial charge < -0.3 is 23.3 Å². The summed E-state index contributed by atoms with van der Waals surface area (Å²) in [6, 6.07) is 34.9. The molecule has 7 rings (SSSR count). The molecule has 1 fully saturated rings. The lowest BCUT2D eigenvalue weighted by atomic mass is 10.0. The summed E-state index contributed by atoms with van der Waals surface area (Å²) in [5.74, 6) is -0.463. The van der Waals surface area contributed by atoms with E-state index in [0.717, 1.165) is 51.6 Å². The van der Waals surface area contributed by atoms with Crippen molar-refractivity contribution in [1.82, 2.24) is 9.13 Å². The van der Waals surface area contributed by atoms with Gasteiger partial charge >= 0.3 is 0 Å². The van der Waals surface area contributed by atoms with Crippen molar-refractivity contribution in [2.45, 2.75) is 83.5 Å². The van der Waals surface area contributed by atoms with Crippen LogP contribution in [0.1, 0.15) is 52.4 Å². The van der Waals surface area contributed by atoms with Crippen LogP contribution in [0.25, 0.3) is 43.6 Å². The minimum Gasteiger partial charge on any atom is -0.372 e. The Balaban J connectivity index is 1.22. The molecule has 0 spiro atoms. The Morgan fingerprint density at radius 2 is 1.07 bits per heavy atom. The van der Waals surface area contributed by atoms with Crippen LogP contribution in [0.2, 0.25) is 0 Å². The van der Waals surface area contributed by atoms with E-state index in [4.69, 9.17) is 14.2 Å². The number of hydrogen-bond donors (Lipinski definition) is 0. The van der Waals surface area contributed by atoms with Gasteiger partial charge in [-0.1, -0.05) is 99.5 Å². The number of ether oxygens (including phenoxy) is 3. The molecule has 228 valence electrons. The first-order chi connectivity index (χ1) is 21.7. The van der Waals surface area contributed by atoms with E-state index in [9.17, 15) is 0 Å². The molecule has 0 aliphatic carbocycles. The van der Waals surface area contributed by atoms with Crippen LogP contribution in [-0.2, 0) is 27.3 Å². The zero-order valence-electron chi connectivity index (χ0n) is 26.1. The van der Waals surface area contributed by atoms with Crippen molar-refractivity contribution in [1.29, 1.82) is 0 Å². The van der Waals surface area contributed by atoms with Crippen molar-refractivity contribution in [2.24, 2.45) is 0 Å². The summed E-state index contributed by atoms with van der Waals surface area (Å²) in [4.78, 5) is 0. The fraction of sp³-hybridized carbons (Fsp3) is 0.385. The van der Waals surface area contributed by atoms with Crippen molar-refractivity contribution in [3.8, 4) is 0 Å². The van der Waals surface area contributed by atoms with Crippen molar-refractivity contribution in [2.75, 3.05) is 13.2 Å². The first-order valence-electron chi connectivity index (χ1n) is 16.5. The predicted molar refractivity (Wildman–Crippen MR) is 181 cm³/mol. The average molecular weight is 589 g/mol. The third-order valence-electron chi connectivity index (χ3n) is 9.39. The number of nitrogens with zero attached hydrogens (tertiary/aromatic N) is 2. The highest BCUT2D eigenvalue weighted by Crippen LogP contribution is 2.35. The van der Waals surface area contributed by atoms with Gasteiger partial charge in [-0.15, -0.1) is 0 Å². The van der Waals surface area contributed by atoms with Gasteiger partial charge in [-0.3, -0.25) is 0 Å². The van der Waals surface area contributed by atoms with Crippen LogP contribution < -0.4 is 0 Å². The molecule has 4 aromatic carbocycles. The molecule has 5 nitrogen and oxygen atoms in total. The smallest absolute Gasteiger partial charge is 0.169 e. The zero-order valence-corrected chi connectivity index (χ0v) is 26.1. The van der Waals surface area contributed by atoms with E-state index in [1.165, 1.54) is 43.6 Å². The summed E-state index contributed by atoms with van der Waals surface area (Å²) in [5, 5.41) is 5.12. The van der Waals surface area contributed by atoms with Gasteiger partial charge in [0, 0.05) is 56.5 Å². The molecule has 0 unspecified atom stereocenters. The second-order valence-electron chi connectivity index (χ2n) is 12.4. The Bertz CT molecular complexity index is 1640. The second-order valence-corrected chi connectivity index (χ2v) is 12.4. The summed E-state index contributed by atoms with van der Waals surface area (Å²) in [7, 11) is 0. The van der Waals surface area contributed by atoms with Crippen LogP contribution in [0.5, 0.6) is 0 Å². The van der Waals surface area contributed by atoms with Crippen molar-refractivity contribution < 1.29 is 14.2 Å². The van der Waals surface area contributed by atoms with Gasteiger partial charge in [-0.25, -0.2) is 0 Å². The van der Waals surface area contributed by atoms with Crippen LogP contribution >= 0.6 is 0 Å². The van der Waals surface area contributed by atoms with E-state index in [2.05, 4.69) is 120 Å². The lowest BCUT2D eigenvalue weighted by Gasteiger charge is -2.28. The van der Waals surface area contributed by atoms with Crippen molar-refractivity contribution in [3.63, 3.8) is 0 Å². The maximum Gasteiger partial charge on any atom is 0.169 e. The maximum absolute atomic E-state index is 6.92. The molecule has 1 aliphatic rings. The summed E-state index contributed by atoms with van der Waals surface area (Å²) in [6.45, 7) is 7.04. The number of rotatable bonds is 13. The van der Waals surface area contributed by atoms with Gasteiger partial charge in [0.2, 0.25) is 0 Å². The van der Waals surface area contributed by atoms with E-state index in [-0.39, 0.29) is 12.2 Å². The Kier molecular flexibility index (Phi) is 8.44. The molecule has 1 atom stereocenters. The minimum absolute atomic E-state index is 0.0671. The summed E-state index contributed by atoms with van der Waals surface area (Å²) >= 11 is 0. The topological polar surface area (TPSA) is 37.5 Å². The number of hydrogen-bond acceptors (Lipinski definition) is 3. The lowest BCUT2D eigenvalue weighted by molar-refractivity contribution is -0.185. The van der Waals surface area contributed by atoms with Gasteiger partial charge in [0.05, 0.1) is 32.4 Å². The standard InChI is InChI=1S/C39H44N2O3/c1-3-5-23-39(24-6-4-2)43-28-30(44-39)27-42-29(25-40-35-19-11-7-15-31(35)32-16-8-12-20-36(32)40)26-41-37-21-13-9-17-33(37)34-18-10-14-22-38(34)41/h7-22,29-30H,3-6,23-28H2,1-2H3/t30-/m1/s1. The molecule has 44 heavy (non-hydrogen) atoms. The van der Waals surface area contributed by atoms with Crippen molar-refractivity contribution >= 4 is 43.6 Å². The van der Waals surface area contributed by atoms with Gasteiger partial charge in [-0.2, -0.15) is 0 Å². The number of aromatic nitrogens is 2. The third-order valence-corrected chi connectivity index (χ3v) is 9.39. The van der Waals surface area contributed by atoms with Crippen LogP contribution in [0.3, 0.4) is 0 Å². The molecule has 0 saturated carbocycles. The van der Waals surface area contributed by atoms with Crippen LogP contribution in [0, 0.1) is 0 Å². The monoisotopic (exact) mass is 588 g/mol. The maximum atomic E-state index is 6.92. The van der Waals surface area contributed by atoms with Gasteiger partial charge in [-0.05, 0) is 37.1 Å². The Labute approximate surface area is 260 Å². The molecule has 0 bridgehead atoms.